The average molecular weight is 516 g/mol. The number of benzene rings is 3. The monoisotopic (exact) mass is 515 g/mol. The fourth-order valence-corrected chi connectivity index (χ4v) is 5.68. The van der Waals surface area contributed by atoms with Gasteiger partial charge in [-0.1, -0.05) is 69.4 Å². The lowest BCUT2D eigenvalue weighted by molar-refractivity contribution is -0.660. The Bertz CT molecular complexity index is 2060. The molecule has 38 heavy (non-hydrogen) atoms. The van der Waals surface area contributed by atoms with Gasteiger partial charge in [0.15, 0.2) is 6.20 Å². The molecule has 0 saturated heterocycles. The molecule has 5 aromatic rings. The Morgan fingerprint density at radius 2 is 1.68 bits per heavy atom. The summed E-state index contributed by atoms with van der Waals surface area (Å²) in [4.78, 5) is 0. The highest BCUT2D eigenvalue weighted by atomic mass is 19.1. The number of hydrogen-bond donors (Lipinski definition) is 0. The van der Waals surface area contributed by atoms with Gasteiger partial charge in [-0.15, -0.1) is 0 Å². The van der Waals surface area contributed by atoms with Crippen molar-refractivity contribution in [3.05, 3.63) is 88.8 Å². The lowest BCUT2D eigenvalue weighted by Crippen LogP contribution is -2.32. The molecule has 2 heterocycles. The van der Waals surface area contributed by atoms with Gasteiger partial charge in [-0.05, 0) is 72.8 Å². The summed E-state index contributed by atoms with van der Waals surface area (Å²) < 4.78 is 102. The summed E-state index contributed by atoms with van der Waals surface area (Å²) in [6, 6.07) is 6.66. The van der Waals surface area contributed by atoms with Crippen LogP contribution in [-0.4, -0.2) is 0 Å². The number of hydrogen-bond acceptors (Lipinski definition) is 1. The summed E-state index contributed by atoms with van der Waals surface area (Å²) in [6.45, 7) is 2.68. The third-order valence-electron chi connectivity index (χ3n) is 7.72. The van der Waals surface area contributed by atoms with Gasteiger partial charge in [0.2, 0.25) is 5.69 Å². The van der Waals surface area contributed by atoms with Gasteiger partial charge in [0, 0.05) is 29.3 Å². The molecule has 0 aliphatic heterocycles. The molecule has 0 radical (unpaired) electrons. The van der Waals surface area contributed by atoms with Crippen LogP contribution in [0.15, 0.2) is 65.1 Å². The standard InChI is InChI=1S/C35H37FNO/c1-21(2)29-19-31(37(5)20-23(29)4)32-22(3)11-16-27-28-17-18-30(36)33(35(28)38-34(27)32)26-14-12-25(13-15-26)24-9-7-6-8-10-24/h11-21,24H,6-10H2,1-5H3/q+1/i4D3,12D,13D,14D,15D,21D,24D. The van der Waals surface area contributed by atoms with Crippen LogP contribution in [0.5, 0.6) is 0 Å². The van der Waals surface area contributed by atoms with Gasteiger partial charge >= 0.3 is 0 Å². The Balaban J connectivity index is 1.66. The summed E-state index contributed by atoms with van der Waals surface area (Å²) in [6.07, 6.45) is 4.85. The molecule has 194 valence electrons. The largest absolute Gasteiger partial charge is 0.454 e. The normalized spacial score (nSPS) is 19.6. The van der Waals surface area contributed by atoms with E-state index in [9.17, 15) is 0 Å². The van der Waals surface area contributed by atoms with Gasteiger partial charge in [-0.2, -0.15) is 0 Å². The molecule has 2 aromatic heterocycles. The Morgan fingerprint density at radius 3 is 2.37 bits per heavy atom. The van der Waals surface area contributed by atoms with Crippen molar-refractivity contribution in [3.8, 4) is 22.4 Å². The summed E-state index contributed by atoms with van der Waals surface area (Å²) >= 11 is 0. The number of furan rings is 1. The van der Waals surface area contributed by atoms with Crippen LogP contribution >= 0.6 is 0 Å². The lowest BCUT2D eigenvalue weighted by Gasteiger charge is -2.22. The van der Waals surface area contributed by atoms with Crippen LogP contribution in [0.3, 0.4) is 0 Å². The van der Waals surface area contributed by atoms with E-state index in [1.54, 1.807) is 37.6 Å². The van der Waals surface area contributed by atoms with Crippen molar-refractivity contribution in [2.24, 2.45) is 7.05 Å². The first kappa shape index (κ1) is 16.5. The van der Waals surface area contributed by atoms with Crippen molar-refractivity contribution < 1.29 is 25.7 Å². The molecule has 3 heteroatoms. The van der Waals surface area contributed by atoms with Crippen molar-refractivity contribution in [1.29, 1.82) is 0 Å². The van der Waals surface area contributed by atoms with E-state index in [4.69, 9.17) is 16.8 Å². The van der Waals surface area contributed by atoms with E-state index in [1.165, 1.54) is 12.3 Å². The van der Waals surface area contributed by atoms with Crippen molar-refractivity contribution in [3.63, 3.8) is 0 Å². The molecule has 1 aliphatic rings. The van der Waals surface area contributed by atoms with Gasteiger partial charge in [-0.3, -0.25) is 0 Å². The number of pyridine rings is 1. The highest BCUT2D eigenvalue weighted by Gasteiger charge is 2.25. The third-order valence-corrected chi connectivity index (χ3v) is 7.72. The lowest BCUT2D eigenvalue weighted by atomic mass is 9.83. The molecule has 2 nitrogen and oxygen atoms in total. The highest BCUT2D eigenvalue weighted by Crippen LogP contribution is 2.42. The van der Waals surface area contributed by atoms with E-state index in [-0.39, 0.29) is 39.9 Å². The molecule has 0 atom stereocenters. The first-order chi connectivity index (χ1) is 21.9. The van der Waals surface area contributed by atoms with E-state index < -0.39 is 36.5 Å². The zero-order valence-corrected chi connectivity index (χ0v) is 22.2. The molecule has 3 aromatic carbocycles. The van der Waals surface area contributed by atoms with Crippen molar-refractivity contribution in [1.82, 2.24) is 0 Å². The minimum absolute atomic E-state index is 0.0483. The fourth-order valence-electron chi connectivity index (χ4n) is 5.68. The molecular weight excluding hydrogens is 469 g/mol. The molecule has 0 spiro atoms. The van der Waals surface area contributed by atoms with Crippen molar-refractivity contribution in [2.45, 2.75) is 71.5 Å². The van der Waals surface area contributed by atoms with Crippen LogP contribution in [0.4, 0.5) is 4.39 Å². The topological polar surface area (TPSA) is 17.0 Å². The average Bonchev–Trinajstić information content (AvgIpc) is 3.35. The second-order valence-electron chi connectivity index (χ2n) is 10.5. The van der Waals surface area contributed by atoms with Crippen molar-refractivity contribution in [2.75, 3.05) is 0 Å². The first-order valence-corrected chi connectivity index (χ1v) is 13.2. The fraction of sp³-hybridized carbons (Fsp3) is 0.343. The Kier molecular flexibility index (Phi) is 4.21. The number of rotatable bonds is 4. The summed E-state index contributed by atoms with van der Waals surface area (Å²) in [7, 11) is 1.72. The molecule has 1 saturated carbocycles. The number of aryl methyl sites for hydroxylation is 3. The van der Waals surface area contributed by atoms with Crippen LogP contribution in [-0.2, 0) is 7.05 Å². The third kappa shape index (κ3) is 4.13. The maximum absolute atomic E-state index is 15.9. The second kappa shape index (κ2) is 9.69. The van der Waals surface area contributed by atoms with Crippen LogP contribution in [0.2, 0.25) is 0 Å². The van der Waals surface area contributed by atoms with Crippen LogP contribution < -0.4 is 4.57 Å². The predicted molar refractivity (Wildman–Crippen MR) is 155 cm³/mol. The molecular formula is C35H37FNO+. The maximum Gasteiger partial charge on any atom is 0.216 e. The molecule has 0 amide bonds. The van der Waals surface area contributed by atoms with Gasteiger partial charge < -0.3 is 4.42 Å². The second-order valence-corrected chi connectivity index (χ2v) is 10.5. The molecule has 0 bridgehead atoms. The summed E-state index contributed by atoms with van der Waals surface area (Å²) in [5.74, 6) is -3.26. The minimum atomic E-state index is -2.45. The van der Waals surface area contributed by atoms with E-state index in [2.05, 4.69) is 0 Å². The minimum Gasteiger partial charge on any atom is -0.454 e. The smallest absolute Gasteiger partial charge is 0.216 e. The molecule has 0 unspecified atom stereocenters. The van der Waals surface area contributed by atoms with Crippen LogP contribution in [0.25, 0.3) is 44.3 Å². The van der Waals surface area contributed by atoms with Gasteiger partial charge in [-0.25, -0.2) is 8.96 Å². The SMILES string of the molecule is [2H]c1c([2H])c(C2([2H])CCCCC2)c([2H])c([2H])c1-c1c(F)ccc2c1oc1c(-c3cc(C([2H])(C)C)c(C([2H])([2H])[2H])c[n+]3C)c(C)ccc12. The number of fused-ring (bicyclic) bond motifs is 3. The van der Waals surface area contributed by atoms with Gasteiger partial charge in [0.05, 0.1) is 16.6 Å². The Hall–Kier alpha value is -3.46. The van der Waals surface area contributed by atoms with E-state index in [0.29, 0.717) is 46.0 Å². The van der Waals surface area contributed by atoms with E-state index in [0.717, 1.165) is 24.8 Å². The number of aromatic nitrogens is 1. The van der Waals surface area contributed by atoms with Crippen LogP contribution in [0, 0.1) is 19.6 Å². The highest BCUT2D eigenvalue weighted by molar-refractivity contribution is 6.13. The zero-order chi connectivity index (χ0) is 34.4. The number of halogens is 1. The van der Waals surface area contributed by atoms with Crippen LogP contribution in [0.1, 0.15) is 92.3 Å². The Labute approximate surface area is 237 Å². The maximum atomic E-state index is 15.9. The Morgan fingerprint density at radius 1 is 1.00 bits per heavy atom. The van der Waals surface area contributed by atoms with Gasteiger partial charge in [0.1, 0.15) is 24.0 Å². The van der Waals surface area contributed by atoms with Gasteiger partial charge in [0.25, 0.3) is 0 Å². The number of nitrogens with zero attached hydrogens (tertiary/aromatic N) is 1. The molecule has 1 fully saturated rings. The molecule has 0 N–H and O–H groups in total. The quantitative estimate of drug-likeness (QED) is 0.218. The van der Waals surface area contributed by atoms with E-state index >= 15 is 4.39 Å². The zero-order valence-electron chi connectivity index (χ0n) is 31.2. The summed E-state index contributed by atoms with van der Waals surface area (Å²) in [5.41, 5.74) is 2.43. The molecule has 1 aliphatic carbocycles. The predicted octanol–water partition coefficient (Wildman–Crippen LogP) is 9.67. The summed E-state index contributed by atoms with van der Waals surface area (Å²) in [5, 5.41) is 1.12. The van der Waals surface area contributed by atoms with Crippen molar-refractivity contribution >= 4 is 21.9 Å². The molecule has 6 rings (SSSR count). The van der Waals surface area contributed by atoms with E-state index in [1.807, 2.05) is 19.1 Å². The first-order valence-electron chi connectivity index (χ1n) is 17.7.